The van der Waals surface area contributed by atoms with Crippen molar-refractivity contribution >= 4 is 0 Å². The van der Waals surface area contributed by atoms with E-state index in [1.165, 1.54) is 38.6 Å². The van der Waals surface area contributed by atoms with Crippen LogP contribution in [0.2, 0.25) is 0 Å². The van der Waals surface area contributed by atoms with Gasteiger partial charge >= 0.3 is 0 Å². The van der Waals surface area contributed by atoms with Gasteiger partial charge in [0.2, 0.25) is 0 Å². The average molecular weight is 241 g/mol. The van der Waals surface area contributed by atoms with Crippen LogP contribution in [0.5, 0.6) is 0 Å². The Morgan fingerprint density at radius 1 is 1.00 bits per heavy atom. The Bertz CT molecular complexity index is 174. The molecule has 0 aliphatic heterocycles. The van der Waals surface area contributed by atoms with E-state index >= 15 is 0 Å². The summed E-state index contributed by atoms with van der Waals surface area (Å²) in [5, 5.41) is 3.65. The summed E-state index contributed by atoms with van der Waals surface area (Å²) in [5.74, 6) is 1.52. The summed E-state index contributed by atoms with van der Waals surface area (Å²) in [5.41, 5.74) is 0.475. The molecule has 0 spiro atoms. The van der Waals surface area contributed by atoms with Crippen molar-refractivity contribution in [2.24, 2.45) is 17.3 Å². The molecule has 1 atom stereocenters. The summed E-state index contributed by atoms with van der Waals surface area (Å²) < 4.78 is 0. The zero-order valence-electron chi connectivity index (χ0n) is 13.1. The molecule has 1 N–H and O–H groups in total. The predicted molar refractivity (Wildman–Crippen MR) is 79.4 cm³/mol. The van der Waals surface area contributed by atoms with Crippen LogP contribution >= 0.6 is 0 Å². The fourth-order valence-electron chi connectivity index (χ4n) is 2.18. The normalized spacial score (nSPS) is 15.5. The maximum Gasteiger partial charge on any atom is 0.000772 e. The minimum absolute atomic E-state index is 0.475. The van der Waals surface area contributed by atoms with Crippen molar-refractivity contribution in [3.05, 3.63) is 0 Å². The first-order valence-electron chi connectivity index (χ1n) is 7.63. The summed E-state index contributed by atoms with van der Waals surface area (Å²) >= 11 is 0. The molecule has 1 unspecified atom stereocenters. The van der Waals surface area contributed by atoms with Gasteiger partial charge in [-0.15, -0.1) is 0 Å². The number of nitrogens with one attached hydrogen (secondary N) is 1. The van der Waals surface area contributed by atoms with Crippen LogP contribution in [0.1, 0.15) is 73.6 Å². The second kappa shape index (κ2) is 8.97. The van der Waals surface area contributed by atoms with Gasteiger partial charge in [0.15, 0.2) is 0 Å². The van der Waals surface area contributed by atoms with Gasteiger partial charge in [0.1, 0.15) is 0 Å². The van der Waals surface area contributed by atoms with Crippen LogP contribution in [0.25, 0.3) is 0 Å². The van der Waals surface area contributed by atoms with E-state index in [0.29, 0.717) is 5.41 Å². The lowest BCUT2D eigenvalue weighted by Gasteiger charge is -2.34. The molecule has 0 aromatic carbocycles. The molecular weight excluding hydrogens is 206 g/mol. The molecule has 0 fully saturated rings. The van der Waals surface area contributed by atoms with Gasteiger partial charge in [-0.2, -0.15) is 0 Å². The quantitative estimate of drug-likeness (QED) is 0.538. The molecule has 0 rings (SSSR count). The third kappa shape index (κ3) is 7.81. The van der Waals surface area contributed by atoms with Crippen molar-refractivity contribution in [2.75, 3.05) is 13.1 Å². The predicted octanol–water partition coefficient (Wildman–Crippen LogP) is 4.86. The Labute approximate surface area is 110 Å². The maximum absolute atomic E-state index is 3.65. The third-order valence-electron chi connectivity index (χ3n) is 4.08. The lowest BCUT2D eigenvalue weighted by atomic mass is 9.75. The molecule has 0 aliphatic rings. The number of hydrogen-bond donors (Lipinski definition) is 1. The summed E-state index contributed by atoms with van der Waals surface area (Å²) in [6.45, 7) is 16.4. The van der Waals surface area contributed by atoms with E-state index in [4.69, 9.17) is 0 Å². The standard InChI is InChI=1S/C16H35N/c1-7-8-9-10-11-16(6,15(4)5)13-17-12-14(2)3/h14-15,17H,7-13H2,1-6H3. The van der Waals surface area contributed by atoms with Gasteiger partial charge < -0.3 is 5.32 Å². The van der Waals surface area contributed by atoms with Crippen molar-refractivity contribution in [3.8, 4) is 0 Å². The maximum atomic E-state index is 3.65. The van der Waals surface area contributed by atoms with E-state index in [1.54, 1.807) is 0 Å². The molecule has 0 aromatic heterocycles. The lowest BCUT2D eigenvalue weighted by Crippen LogP contribution is -2.37. The molecule has 0 saturated carbocycles. The molecular formula is C16H35N. The molecule has 0 aromatic rings. The van der Waals surface area contributed by atoms with Crippen LogP contribution in [0, 0.1) is 17.3 Å². The number of rotatable bonds is 10. The molecule has 0 heterocycles. The zero-order valence-corrected chi connectivity index (χ0v) is 13.1. The first-order valence-corrected chi connectivity index (χ1v) is 7.63. The Morgan fingerprint density at radius 3 is 2.12 bits per heavy atom. The summed E-state index contributed by atoms with van der Waals surface area (Å²) in [4.78, 5) is 0. The first-order chi connectivity index (χ1) is 7.92. The van der Waals surface area contributed by atoms with Gasteiger partial charge in [0.05, 0.1) is 0 Å². The van der Waals surface area contributed by atoms with Gasteiger partial charge in [-0.3, -0.25) is 0 Å². The molecule has 0 amide bonds. The summed E-state index contributed by atoms with van der Waals surface area (Å²) in [7, 11) is 0. The molecule has 0 bridgehead atoms. The highest BCUT2D eigenvalue weighted by atomic mass is 14.9. The van der Waals surface area contributed by atoms with Gasteiger partial charge in [0, 0.05) is 6.54 Å². The smallest absolute Gasteiger partial charge is 0.000772 e. The van der Waals surface area contributed by atoms with Crippen LogP contribution in [0.4, 0.5) is 0 Å². The minimum Gasteiger partial charge on any atom is -0.316 e. The second-order valence-corrected chi connectivity index (χ2v) is 6.64. The highest BCUT2D eigenvalue weighted by Gasteiger charge is 2.27. The number of unbranched alkanes of at least 4 members (excludes halogenated alkanes) is 3. The van der Waals surface area contributed by atoms with E-state index in [0.717, 1.165) is 18.4 Å². The van der Waals surface area contributed by atoms with E-state index < -0.39 is 0 Å². The van der Waals surface area contributed by atoms with E-state index in [1.807, 2.05) is 0 Å². The van der Waals surface area contributed by atoms with Gasteiger partial charge in [-0.05, 0) is 30.2 Å². The third-order valence-corrected chi connectivity index (χ3v) is 4.08. The van der Waals surface area contributed by atoms with Crippen LogP contribution < -0.4 is 5.32 Å². The SMILES string of the molecule is CCCCCCC(C)(CNCC(C)C)C(C)C. The Kier molecular flexibility index (Phi) is 8.94. The summed E-state index contributed by atoms with van der Waals surface area (Å²) in [6.07, 6.45) is 6.90. The van der Waals surface area contributed by atoms with Gasteiger partial charge in [0.25, 0.3) is 0 Å². The largest absolute Gasteiger partial charge is 0.316 e. The van der Waals surface area contributed by atoms with E-state index in [2.05, 4.69) is 46.9 Å². The van der Waals surface area contributed by atoms with Crippen LogP contribution in [0.3, 0.4) is 0 Å². The molecule has 0 saturated heterocycles. The number of hydrogen-bond acceptors (Lipinski definition) is 1. The highest BCUT2D eigenvalue weighted by molar-refractivity contribution is 4.80. The fraction of sp³-hybridized carbons (Fsp3) is 1.00. The molecule has 0 radical (unpaired) electrons. The molecule has 1 nitrogen and oxygen atoms in total. The van der Waals surface area contributed by atoms with E-state index in [-0.39, 0.29) is 0 Å². The van der Waals surface area contributed by atoms with Crippen molar-refractivity contribution < 1.29 is 0 Å². The molecule has 104 valence electrons. The van der Waals surface area contributed by atoms with Crippen LogP contribution in [-0.2, 0) is 0 Å². The van der Waals surface area contributed by atoms with Gasteiger partial charge in [-0.25, -0.2) is 0 Å². The Morgan fingerprint density at radius 2 is 1.65 bits per heavy atom. The fourth-order valence-corrected chi connectivity index (χ4v) is 2.18. The average Bonchev–Trinajstić information content (AvgIpc) is 2.23. The van der Waals surface area contributed by atoms with Crippen molar-refractivity contribution in [2.45, 2.75) is 73.6 Å². The van der Waals surface area contributed by atoms with Gasteiger partial charge in [-0.1, -0.05) is 67.2 Å². The van der Waals surface area contributed by atoms with Crippen molar-refractivity contribution in [1.29, 1.82) is 0 Å². The van der Waals surface area contributed by atoms with E-state index in [9.17, 15) is 0 Å². The Balaban J connectivity index is 3.98. The van der Waals surface area contributed by atoms with Crippen molar-refractivity contribution in [3.63, 3.8) is 0 Å². The highest BCUT2D eigenvalue weighted by Crippen LogP contribution is 2.32. The zero-order chi connectivity index (χ0) is 13.3. The Hall–Kier alpha value is -0.0400. The van der Waals surface area contributed by atoms with Crippen LogP contribution in [-0.4, -0.2) is 13.1 Å². The molecule has 0 aliphatic carbocycles. The summed E-state index contributed by atoms with van der Waals surface area (Å²) in [6, 6.07) is 0. The molecule has 1 heteroatoms. The topological polar surface area (TPSA) is 12.0 Å². The molecule has 17 heavy (non-hydrogen) atoms. The van der Waals surface area contributed by atoms with Crippen molar-refractivity contribution in [1.82, 2.24) is 5.32 Å². The van der Waals surface area contributed by atoms with Crippen LogP contribution in [0.15, 0.2) is 0 Å². The first kappa shape index (κ1) is 17.0. The minimum atomic E-state index is 0.475. The second-order valence-electron chi connectivity index (χ2n) is 6.64. The lowest BCUT2D eigenvalue weighted by molar-refractivity contribution is 0.183. The monoisotopic (exact) mass is 241 g/mol.